The zero-order valence-corrected chi connectivity index (χ0v) is 11.6. The van der Waals surface area contributed by atoms with Gasteiger partial charge in [0.25, 0.3) is 0 Å². The molecule has 5 heteroatoms. The van der Waals surface area contributed by atoms with Crippen molar-refractivity contribution < 1.29 is 9.59 Å². The highest BCUT2D eigenvalue weighted by atomic mass is 16.2. The van der Waals surface area contributed by atoms with Crippen molar-refractivity contribution in [2.45, 2.75) is 32.9 Å². The molecule has 0 heterocycles. The van der Waals surface area contributed by atoms with Crippen LogP contribution in [0.15, 0.2) is 30.3 Å². The lowest BCUT2D eigenvalue weighted by Gasteiger charge is -2.19. The molecule has 0 aliphatic rings. The lowest BCUT2D eigenvalue weighted by molar-refractivity contribution is -0.121. The van der Waals surface area contributed by atoms with Gasteiger partial charge in [-0.05, 0) is 26.3 Å². The van der Waals surface area contributed by atoms with E-state index in [9.17, 15) is 9.59 Å². The van der Waals surface area contributed by atoms with E-state index in [1.807, 2.05) is 37.3 Å². The number of urea groups is 1. The van der Waals surface area contributed by atoms with Gasteiger partial charge in [0.2, 0.25) is 5.91 Å². The van der Waals surface area contributed by atoms with Gasteiger partial charge in [-0.3, -0.25) is 15.4 Å². The molecule has 19 heavy (non-hydrogen) atoms. The molecule has 3 N–H and O–H groups in total. The summed E-state index contributed by atoms with van der Waals surface area (Å²) < 4.78 is 0. The Balaban J connectivity index is 2.48. The molecule has 104 valence electrons. The first-order chi connectivity index (χ1) is 9.04. The molecule has 2 atom stereocenters. The Kier molecular flexibility index (Phi) is 6.02. The van der Waals surface area contributed by atoms with Crippen LogP contribution in [0.2, 0.25) is 0 Å². The van der Waals surface area contributed by atoms with Crippen LogP contribution in [0.25, 0.3) is 0 Å². The summed E-state index contributed by atoms with van der Waals surface area (Å²) in [6, 6.07) is 8.96. The van der Waals surface area contributed by atoms with Crippen molar-refractivity contribution in [3.05, 3.63) is 35.9 Å². The van der Waals surface area contributed by atoms with Gasteiger partial charge in [0, 0.05) is 12.6 Å². The minimum absolute atomic E-state index is 0.0381. The van der Waals surface area contributed by atoms with E-state index in [1.165, 1.54) is 0 Å². The highest BCUT2D eigenvalue weighted by Gasteiger charge is 2.17. The molecular weight excluding hydrogens is 242 g/mol. The highest BCUT2D eigenvalue weighted by molar-refractivity contribution is 5.96. The zero-order chi connectivity index (χ0) is 14.3. The molecule has 0 radical (unpaired) electrons. The molecule has 2 unspecified atom stereocenters. The topological polar surface area (TPSA) is 70.2 Å². The number of amides is 3. The summed E-state index contributed by atoms with van der Waals surface area (Å²) >= 11 is 0. The standard InChI is InChI=1S/C14H21N3O2/c1-4-15-14(19)17-13(18)11(3)16-10(2)12-8-6-5-7-9-12/h5-11,16H,4H2,1-3H3,(H2,15,17,18,19). The average Bonchev–Trinajstić information content (AvgIpc) is 2.39. The van der Waals surface area contributed by atoms with Gasteiger partial charge in [-0.25, -0.2) is 4.79 Å². The fraction of sp³-hybridized carbons (Fsp3) is 0.429. The summed E-state index contributed by atoms with van der Waals surface area (Å²) in [4.78, 5) is 23.0. The van der Waals surface area contributed by atoms with Crippen LogP contribution in [-0.2, 0) is 4.79 Å². The van der Waals surface area contributed by atoms with E-state index >= 15 is 0 Å². The number of benzene rings is 1. The van der Waals surface area contributed by atoms with Gasteiger partial charge >= 0.3 is 6.03 Å². The van der Waals surface area contributed by atoms with Crippen molar-refractivity contribution >= 4 is 11.9 Å². The van der Waals surface area contributed by atoms with E-state index < -0.39 is 12.1 Å². The molecule has 0 saturated carbocycles. The van der Waals surface area contributed by atoms with Crippen molar-refractivity contribution in [3.63, 3.8) is 0 Å². The Morgan fingerprint density at radius 3 is 2.37 bits per heavy atom. The monoisotopic (exact) mass is 263 g/mol. The molecule has 1 aromatic rings. The zero-order valence-electron chi connectivity index (χ0n) is 11.6. The molecule has 0 aliphatic heterocycles. The van der Waals surface area contributed by atoms with Crippen LogP contribution in [-0.4, -0.2) is 24.5 Å². The van der Waals surface area contributed by atoms with Crippen molar-refractivity contribution in [3.8, 4) is 0 Å². The first kappa shape index (κ1) is 15.2. The molecule has 0 aromatic heterocycles. The van der Waals surface area contributed by atoms with Crippen LogP contribution in [0.3, 0.4) is 0 Å². The van der Waals surface area contributed by atoms with Crippen molar-refractivity contribution in [2.75, 3.05) is 6.54 Å². The predicted octanol–water partition coefficient (Wildman–Crippen LogP) is 1.57. The molecule has 5 nitrogen and oxygen atoms in total. The summed E-state index contributed by atoms with van der Waals surface area (Å²) in [5.41, 5.74) is 1.10. The maximum Gasteiger partial charge on any atom is 0.321 e. The number of hydrogen-bond donors (Lipinski definition) is 3. The van der Waals surface area contributed by atoms with E-state index in [-0.39, 0.29) is 11.9 Å². The van der Waals surface area contributed by atoms with Gasteiger partial charge in [-0.15, -0.1) is 0 Å². The van der Waals surface area contributed by atoms with Gasteiger partial charge in [0.1, 0.15) is 0 Å². The quantitative estimate of drug-likeness (QED) is 0.755. The second-order valence-electron chi connectivity index (χ2n) is 4.37. The van der Waals surface area contributed by atoms with Crippen LogP contribution < -0.4 is 16.0 Å². The minimum Gasteiger partial charge on any atom is -0.338 e. The van der Waals surface area contributed by atoms with Gasteiger partial charge in [0.15, 0.2) is 0 Å². The van der Waals surface area contributed by atoms with Gasteiger partial charge < -0.3 is 5.32 Å². The Morgan fingerprint density at radius 2 is 1.79 bits per heavy atom. The third kappa shape index (κ3) is 5.09. The van der Waals surface area contributed by atoms with Crippen molar-refractivity contribution in [1.82, 2.24) is 16.0 Å². The number of nitrogens with one attached hydrogen (secondary N) is 3. The first-order valence-electron chi connectivity index (χ1n) is 6.44. The van der Waals surface area contributed by atoms with Crippen LogP contribution >= 0.6 is 0 Å². The summed E-state index contributed by atoms with van der Waals surface area (Å²) in [5.74, 6) is -0.339. The number of rotatable bonds is 5. The van der Waals surface area contributed by atoms with E-state index in [0.717, 1.165) is 5.56 Å². The Hall–Kier alpha value is -1.88. The lowest BCUT2D eigenvalue weighted by atomic mass is 10.1. The lowest BCUT2D eigenvalue weighted by Crippen LogP contribution is -2.48. The number of carbonyl (C=O) groups excluding carboxylic acids is 2. The molecule has 3 amide bonds. The summed E-state index contributed by atoms with van der Waals surface area (Å²) in [5, 5.41) is 7.95. The first-order valence-corrected chi connectivity index (χ1v) is 6.44. The maximum atomic E-state index is 11.8. The summed E-state index contributed by atoms with van der Waals surface area (Å²) in [6.45, 7) is 5.99. The van der Waals surface area contributed by atoms with Crippen molar-refractivity contribution in [1.29, 1.82) is 0 Å². The second kappa shape index (κ2) is 7.53. The normalized spacial score (nSPS) is 13.4. The number of imide groups is 1. The fourth-order valence-corrected chi connectivity index (χ4v) is 1.71. The van der Waals surface area contributed by atoms with Crippen LogP contribution in [0, 0.1) is 0 Å². The molecule has 0 bridgehead atoms. The minimum atomic E-state index is -0.464. The second-order valence-corrected chi connectivity index (χ2v) is 4.37. The van der Waals surface area contributed by atoms with Gasteiger partial charge in [-0.2, -0.15) is 0 Å². The molecule has 0 aliphatic carbocycles. The molecule has 1 aromatic carbocycles. The predicted molar refractivity (Wildman–Crippen MR) is 74.7 cm³/mol. The van der Waals surface area contributed by atoms with Crippen LogP contribution in [0.1, 0.15) is 32.4 Å². The Bertz CT molecular complexity index is 420. The van der Waals surface area contributed by atoms with Crippen LogP contribution in [0.4, 0.5) is 4.79 Å². The average molecular weight is 263 g/mol. The Labute approximate surface area is 113 Å². The number of hydrogen-bond acceptors (Lipinski definition) is 3. The highest BCUT2D eigenvalue weighted by Crippen LogP contribution is 2.11. The van der Waals surface area contributed by atoms with E-state index in [1.54, 1.807) is 13.8 Å². The maximum absolute atomic E-state index is 11.8. The molecule has 0 fully saturated rings. The van der Waals surface area contributed by atoms with Gasteiger partial charge in [-0.1, -0.05) is 30.3 Å². The molecule has 0 saturated heterocycles. The summed E-state index contributed by atoms with van der Waals surface area (Å²) in [7, 11) is 0. The number of carbonyl (C=O) groups is 2. The third-order valence-corrected chi connectivity index (χ3v) is 2.77. The smallest absolute Gasteiger partial charge is 0.321 e. The van der Waals surface area contributed by atoms with E-state index in [0.29, 0.717) is 6.54 Å². The van der Waals surface area contributed by atoms with Crippen molar-refractivity contribution in [2.24, 2.45) is 0 Å². The van der Waals surface area contributed by atoms with Crippen LogP contribution in [0.5, 0.6) is 0 Å². The molecular formula is C14H21N3O2. The van der Waals surface area contributed by atoms with E-state index in [4.69, 9.17) is 0 Å². The summed E-state index contributed by atoms with van der Waals surface area (Å²) in [6.07, 6.45) is 0. The fourth-order valence-electron chi connectivity index (χ4n) is 1.71. The SMILES string of the molecule is CCNC(=O)NC(=O)C(C)NC(C)c1ccccc1. The largest absolute Gasteiger partial charge is 0.338 e. The Morgan fingerprint density at radius 1 is 1.16 bits per heavy atom. The molecule has 1 rings (SSSR count). The van der Waals surface area contributed by atoms with Gasteiger partial charge in [0.05, 0.1) is 6.04 Å². The molecule has 0 spiro atoms. The van der Waals surface area contributed by atoms with E-state index in [2.05, 4.69) is 16.0 Å². The third-order valence-electron chi connectivity index (χ3n) is 2.77.